The molecule has 0 radical (unpaired) electrons. The van der Waals surface area contributed by atoms with Gasteiger partial charge in [0.1, 0.15) is 23.3 Å². The summed E-state index contributed by atoms with van der Waals surface area (Å²) in [5.74, 6) is 0.0754. The number of hydrogen-bond donors (Lipinski definition) is 0. The molecule has 3 heterocycles. The number of rotatable bonds is 3. The Balaban J connectivity index is 1.98. The first-order chi connectivity index (χ1) is 12.6. The van der Waals surface area contributed by atoms with Gasteiger partial charge in [0.15, 0.2) is 0 Å². The van der Waals surface area contributed by atoms with Crippen LogP contribution >= 0.6 is 0 Å². The quantitative estimate of drug-likeness (QED) is 0.518. The molecular formula is C20H14F2N4. The lowest BCUT2D eigenvalue weighted by Gasteiger charge is -2.24. The van der Waals surface area contributed by atoms with Crippen molar-refractivity contribution in [1.82, 2.24) is 15.0 Å². The van der Waals surface area contributed by atoms with Crippen LogP contribution in [-0.4, -0.2) is 15.0 Å². The SMILES string of the molecule is Cc1ccc2nccc(N(c3ccc(F)cn3)c3ccc(F)cn3)c2c1. The maximum atomic E-state index is 13.4. The minimum atomic E-state index is -0.434. The summed E-state index contributed by atoms with van der Waals surface area (Å²) < 4.78 is 26.7. The van der Waals surface area contributed by atoms with Crippen molar-refractivity contribution in [2.75, 3.05) is 4.90 Å². The van der Waals surface area contributed by atoms with Crippen LogP contribution < -0.4 is 4.90 Å². The molecule has 4 nitrogen and oxygen atoms in total. The Kier molecular flexibility index (Phi) is 4.01. The zero-order chi connectivity index (χ0) is 18.1. The van der Waals surface area contributed by atoms with Crippen LogP contribution in [-0.2, 0) is 0 Å². The van der Waals surface area contributed by atoms with Gasteiger partial charge in [-0.05, 0) is 49.4 Å². The molecule has 0 saturated heterocycles. The minimum Gasteiger partial charge on any atom is -0.278 e. The Morgan fingerprint density at radius 3 is 2.00 bits per heavy atom. The lowest BCUT2D eigenvalue weighted by Crippen LogP contribution is -2.13. The van der Waals surface area contributed by atoms with Crippen LogP contribution in [0, 0.1) is 18.6 Å². The van der Waals surface area contributed by atoms with Gasteiger partial charge >= 0.3 is 0 Å². The smallest absolute Gasteiger partial charge is 0.141 e. The van der Waals surface area contributed by atoms with Gasteiger partial charge in [-0.3, -0.25) is 9.88 Å². The molecule has 6 heteroatoms. The highest BCUT2D eigenvalue weighted by molar-refractivity contribution is 5.96. The van der Waals surface area contributed by atoms with Crippen LogP contribution in [0.25, 0.3) is 10.9 Å². The molecule has 4 aromatic rings. The Morgan fingerprint density at radius 2 is 1.42 bits per heavy atom. The van der Waals surface area contributed by atoms with Crippen LogP contribution in [0.2, 0.25) is 0 Å². The zero-order valence-electron chi connectivity index (χ0n) is 13.9. The van der Waals surface area contributed by atoms with Crippen LogP contribution in [0.3, 0.4) is 0 Å². The van der Waals surface area contributed by atoms with E-state index in [-0.39, 0.29) is 0 Å². The van der Waals surface area contributed by atoms with Gasteiger partial charge < -0.3 is 0 Å². The third-order valence-corrected chi connectivity index (χ3v) is 4.00. The summed E-state index contributed by atoms with van der Waals surface area (Å²) >= 11 is 0. The van der Waals surface area contributed by atoms with E-state index in [1.807, 2.05) is 31.2 Å². The maximum absolute atomic E-state index is 13.4. The van der Waals surface area contributed by atoms with Crippen LogP contribution in [0.15, 0.2) is 67.1 Å². The maximum Gasteiger partial charge on any atom is 0.141 e. The fraction of sp³-hybridized carbons (Fsp3) is 0.0500. The van der Waals surface area contributed by atoms with E-state index in [0.717, 1.165) is 34.5 Å². The molecule has 0 amide bonds. The number of nitrogens with zero attached hydrogens (tertiary/aromatic N) is 4. The molecule has 0 spiro atoms. The Bertz CT molecular complexity index is 1020. The second kappa shape index (κ2) is 6.48. The highest BCUT2D eigenvalue weighted by Crippen LogP contribution is 2.36. The number of aromatic nitrogens is 3. The normalized spacial score (nSPS) is 10.9. The average molecular weight is 348 g/mol. The fourth-order valence-electron chi connectivity index (χ4n) is 2.81. The summed E-state index contributed by atoms with van der Waals surface area (Å²) in [4.78, 5) is 14.5. The Labute approximate surface area is 148 Å². The van der Waals surface area contributed by atoms with Gasteiger partial charge in [0.2, 0.25) is 0 Å². The predicted octanol–water partition coefficient (Wildman–Crippen LogP) is 5.08. The van der Waals surface area contributed by atoms with E-state index in [1.165, 1.54) is 12.1 Å². The molecule has 0 aliphatic rings. The average Bonchev–Trinajstić information content (AvgIpc) is 2.65. The number of benzene rings is 1. The van der Waals surface area contributed by atoms with Gasteiger partial charge in [-0.15, -0.1) is 0 Å². The van der Waals surface area contributed by atoms with E-state index < -0.39 is 11.6 Å². The van der Waals surface area contributed by atoms with Crippen LogP contribution in [0.4, 0.5) is 26.1 Å². The van der Waals surface area contributed by atoms with Gasteiger partial charge in [0.05, 0.1) is 23.6 Å². The number of pyridine rings is 3. The first kappa shape index (κ1) is 16.1. The summed E-state index contributed by atoms with van der Waals surface area (Å²) in [5, 5.41) is 0.893. The largest absolute Gasteiger partial charge is 0.278 e. The molecule has 1 aromatic carbocycles. The van der Waals surface area contributed by atoms with E-state index in [4.69, 9.17) is 0 Å². The Hall–Kier alpha value is -3.41. The highest BCUT2D eigenvalue weighted by Gasteiger charge is 2.18. The molecule has 128 valence electrons. The van der Waals surface area contributed by atoms with Crippen molar-refractivity contribution < 1.29 is 8.78 Å². The molecule has 0 aliphatic carbocycles. The molecule has 4 rings (SSSR count). The van der Waals surface area contributed by atoms with Crippen LogP contribution in [0.1, 0.15) is 5.56 Å². The molecule has 0 atom stereocenters. The van der Waals surface area contributed by atoms with Crippen molar-refractivity contribution >= 4 is 28.2 Å². The molecule has 0 aliphatic heterocycles. The molecule has 0 N–H and O–H groups in total. The van der Waals surface area contributed by atoms with Crippen molar-refractivity contribution in [3.8, 4) is 0 Å². The monoisotopic (exact) mass is 348 g/mol. The Morgan fingerprint density at radius 1 is 0.769 bits per heavy atom. The number of aryl methyl sites for hydroxylation is 1. The van der Waals surface area contributed by atoms with Crippen LogP contribution in [0.5, 0.6) is 0 Å². The van der Waals surface area contributed by atoms with E-state index in [2.05, 4.69) is 15.0 Å². The number of anilines is 3. The topological polar surface area (TPSA) is 41.9 Å². The molecule has 3 aromatic heterocycles. The van der Waals surface area contributed by atoms with Gasteiger partial charge in [0.25, 0.3) is 0 Å². The van der Waals surface area contributed by atoms with E-state index in [9.17, 15) is 8.78 Å². The second-order valence-electron chi connectivity index (χ2n) is 5.86. The van der Waals surface area contributed by atoms with E-state index >= 15 is 0 Å². The summed E-state index contributed by atoms with van der Waals surface area (Å²) in [5.41, 5.74) is 2.66. The molecule has 0 unspecified atom stereocenters. The second-order valence-corrected chi connectivity index (χ2v) is 5.86. The molecule has 26 heavy (non-hydrogen) atoms. The van der Waals surface area contributed by atoms with E-state index in [1.54, 1.807) is 23.2 Å². The molecule has 0 saturated carbocycles. The molecule has 0 bridgehead atoms. The van der Waals surface area contributed by atoms with Crippen molar-refractivity contribution in [3.05, 3.63) is 84.3 Å². The summed E-state index contributed by atoms with van der Waals surface area (Å²) in [6.07, 6.45) is 3.97. The van der Waals surface area contributed by atoms with Gasteiger partial charge in [-0.25, -0.2) is 18.7 Å². The van der Waals surface area contributed by atoms with Gasteiger partial charge in [-0.2, -0.15) is 0 Å². The first-order valence-corrected chi connectivity index (χ1v) is 8.00. The first-order valence-electron chi connectivity index (χ1n) is 8.00. The summed E-state index contributed by atoms with van der Waals surface area (Å²) in [6, 6.07) is 13.5. The number of fused-ring (bicyclic) bond motifs is 1. The lowest BCUT2D eigenvalue weighted by atomic mass is 10.1. The standard InChI is InChI=1S/C20H14F2N4/c1-13-2-5-17-16(10-13)18(8-9-23-17)26(19-6-3-14(21)11-24-19)20-7-4-15(22)12-25-20/h2-12H,1H3. The van der Waals surface area contributed by atoms with Gasteiger partial charge in [0, 0.05) is 11.6 Å². The van der Waals surface area contributed by atoms with E-state index in [0.29, 0.717) is 11.6 Å². The van der Waals surface area contributed by atoms with Crippen molar-refractivity contribution in [3.63, 3.8) is 0 Å². The fourth-order valence-corrected chi connectivity index (χ4v) is 2.81. The van der Waals surface area contributed by atoms with Gasteiger partial charge in [-0.1, -0.05) is 11.6 Å². The minimum absolute atomic E-state index is 0.434. The summed E-state index contributed by atoms with van der Waals surface area (Å²) in [7, 11) is 0. The molecular weight excluding hydrogens is 334 g/mol. The third kappa shape index (κ3) is 2.97. The zero-order valence-corrected chi connectivity index (χ0v) is 13.9. The van der Waals surface area contributed by atoms with Crippen molar-refractivity contribution in [2.45, 2.75) is 6.92 Å². The number of halogens is 2. The van der Waals surface area contributed by atoms with Crippen molar-refractivity contribution in [2.24, 2.45) is 0 Å². The number of hydrogen-bond acceptors (Lipinski definition) is 4. The lowest BCUT2D eigenvalue weighted by molar-refractivity contribution is 0.620. The highest BCUT2D eigenvalue weighted by atomic mass is 19.1. The third-order valence-electron chi connectivity index (χ3n) is 4.00. The summed E-state index contributed by atoms with van der Waals surface area (Å²) in [6.45, 7) is 1.99. The molecule has 0 fully saturated rings. The predicted molar refractivity (Wildman–Crippen MR) is 96.7 cm³/mol. The van der Waals surface area contributed by atoms with Crippen molar-refractivity contribution in [1.29, 1.82) is 0 Å².